The number of rotatable bonds is 5. The van der Waals surface area contributed by atoms with Gasteiger partial charge < -0.3 is 9.64 Å². The predicted molar refractivity (Wildman–Crippen MR) is 92.9 cm³/mol. The van der Waals surface area contributed by atoms with Crippen molar-refractivity contribution in [3.8, 4) is 5.75 Å². The van der Waals surface area contributed by atoms with Crippen LogP contribution in [0.5, 0.6) is 5.75 Å². The minimum atomic E-state index is -0.379. The average Bonchev–Trinajstić information content (AvgIpc) is 2.61. The molecule has 0 aliphatic carbocycles. The summed E-state index contributed by atoms with van der Waals surface area (Å²) in [6, 6.07) is 11.3. The lowest BCUT2D eigenvalue weighted by Crippen LogP contribution is -2.48. The number of aromatic amines is 1. The number of nitrogens with zero attached hydrogens (tertiary/aromatic N) is 3. The number of hydrogen-bond acceptors (Lipinski definition) is 5. The highest BCUT2D eigenvalue weighted by Crippen LogP contribution is 2.11. The second kappa shape index (κ2) is 7.35. The van der Waals surface area contributed by atoms with E-state index in [0.29, 0.717) is 12.4 Å². The van der Waals surface area contributed by atoms with Gasteiger partial charge in [-0.3, -0.25) is 19.2 Å². The van der Waals surface area contributed by atoms with Crippen LogP contribution in [-0.4, -0.2) is 53.8 Å². The molecule has 1 saturated heterocycles. The number of hydrogen-bond donors (Lipinski definition) is 1. The molecule has 7 nitrogen and oxygen atoms in total. The molecule has 3 rings (SSSR count). The molecule has 0 unspecified atom stereocenters. The lowest BCUT2D eigenvalue weighted by atomic mass is 10.3. The molecule has 0 atom stereocenters. The minimum Gasteiger partial charge on any atom is -0.492 e. The van der Waals surface area contributed by atoms with Crippen LogP contribution >= 0.6 is 0 Å². The summed E-state index contributed by atoms with van der Waals surface area (Å²) in [6.45, 7) is 4.79. The van der Waals surface area contributed by atoms with Gasteiger partial charge in [-0.05, 0) is 12.1 Å². The topological polar surface area (TPSA) is 70.6 Å². The van der Waals surface area contributed by atoms with Crippen LogP contribution < -0.4 is 20.9 Å². The Bertz CT molecular complexity index is 745. The largest absolute Gasteiger partial charge is 0.492 e. The van der Waals surface area contributed by atoms with Crippen molar-refractivity contribution in [2.24, 2.45) is 7.05 Å². The zero-order chi connectivity index (χ0) is 16.9. The number of ether oxygens (including phenoxy) is 1. The fourth-order valence-electron chi connectivity index (χ4n) is 2.74. The van der Waals surface area contributed by atoms with E-state index in [-0.39, 0.29) is 11.2 Å². The summed E-state index contributed by atoms with van der Waals surface area (Å²) < 4.78 is 6.79. The number of aromatic nitrogens is 2. The van der Waals surface area contributed by atoms with E-state index in [0.717, 1.165) is 43.0 Å². The van der Waals surface area contributed by atoms with Crippen molar-refractivity contribution in [2.45, 2.75) is 0 Å². The summed E-state index contributed by atoms with van der Waals surface area (Å²) in [5.41, 5.74) is -0.663. The van der Waals surface area contributed by atoms with Gasteiger partial charge in [0.05, 0.1) is 0 Å². The Morgan fingerprint density at radius 3 is 2.46 bits per heavy atom. The summed E-state index contributed by atoms with van der Waals surface area (Å²) in [7, 11) is 1.47. The Balaban J connectivity index is 1.49. The molecule has 0 radical (unpaired) electrons. The molecule has 0 saturated carbocycles. The second-order valence-corrected chi connectivity index (χ2v) is 5.85. The smallest absolute Gasteiger partial charge is 0.329 e. The van der Waals surface area contributed by atoms with E-state index in [1.54, 1.807) is 0 Å². The van der Waals surface area contributed by atoms with Crippen molar-refractivity contribution in [1.29, 1.82) is 0 Å². The van der Waals surface area contributed by atoms with Gasteiger partial charge in [-0.2, -0.15) is 0 Å². The molecule has 2 heterocycles. The van der Waals surface area contributed by atoms with Crippen molar-refractivity contribution in [2.75, 3.05) is 44.2 Å². The summed E-state index contributed by atoms with van der Waals surface area (Å²) in [5.74, 6) is 1.48. The molecule has 1 aliphatic rings. The molecular weight excluding hydrogens is 308 g/mol. The zero-order valence-electron chi connectivity index (χ0n) is 13.8. The molecular formula is C17H22N4O3. The Morgan fingerprint density at radius 1 is 1.08 bits per heavy atom. The molecule has 128 valence electrons. The van der Waals surface area contributed by atoms with Crippen LogP contribution in [0.25, 0.3) is 0 Å². The second-order valence-electron chi connectivity index (χ2n) is 5.85. The highest BCUT2D eigenvalue weighted by molar-refractivity contribution is 5.37. The maximum atomic E-state index is 11.7. The van der Waals surface area contributed by atoms with E-state index >= 15 is 0 Å². The third-order valence-electron chi connectivity index (χ3n) is 4.26. The van der Waals surface area contributed by atoms with Gasteiger partial charge in [0.15, 0.2) is 0 Å². The van der Waals surface area contributed by atoms with Crippen LogP contribution in [0.2, 0.25) is 0 Å². The summed E-state index contributed by atoms with van der Waals surface area (Å²) in [6.07, 6.45) is 0. The highest BCUT2D eigenvalue weighted by atomic mass is 16.5. The summed E-state index contributed by atoms with van der Waals surface area (Å²) in [4.78, 5) is 30.5. The zero-order valence-corrected chi connectivity index (χ0v) is 13.8. The molecule has 1 aliphatic heterocycles. The summed E-state index contributed by atoms with van der Waals surface area (Å²) >= 11 is 0. The molecule has 0 spiro atoms. The van der Waals surface area contributed by atoms with E-state index in [1.165, 1.54) is 13.1 Å². The van der Waals surface area contributed by atoms with Crippen LogP contribution in [0.1, 0.15) is 0 Å². The van der Waals surface area contributed by atoms with E-state index in [9.17, 15) is 9.59 Å². The van der Waals surface area contributed by atoms with E-state index < -0.39 is 0 Å². The number of piperazine rings is 1. The first kappa shape index (κ1) is 16.3. The number of benzene rings is 1. The summed E-state index contributed by atoms with van der Waals surface area (Å²) in [5, 5.41) is 0. The first-order valence-electron chi connectivity index (χ1n) is 8.09. The standard InChI is InChI=1S/C17H22N4O3/c1-19-16(22)13-15(18-17(19)23)21-9-7-20(8-10-21)11-12-24-14-5-3-2-4-6-14/h2-6,13H,7-12H2,1H3,(H,18,23). The quantitative estimate of drug-likeness (QED) is 0.852. The molecule has 7 heteroatoms. The van der Waals surface area contributed by atoms with Crippen LogP contribution in [0.3, 0.4) is 0 Å². The van der Waals surface area contributed by atoms with Crippen molar-refractivity contribution in [3.63, 3.8) is 0 Å². The lowest BCUT2D eigenvalue weighted by Gasteiger charge is -2.35. The number of nitrogens with one attached hydrogen (secondary N) is 1. The fraction of sp³-hybridized carbons (Fsp3) is 0.412. The van der Waals surface area contributed by atoms with Crippen LogP contribution in [0, 0.1) is 0 Å². The molecule has 0 bridgehead atoms. The maximum absolute atomic E-state index is 11.7. The Labute approximate surface area is 140 Å². The Hall–Kier alpha value is -2.54. The SMILES string of the molecule is Cn1c(=O)cc(N2CCN(CCOc3ccccc3)CC2)[nH]c1=O. The van der Waals surface area contributed by atoms with E-state index in [4.69, 9.17) is 4.74 Å². The van der Waals surface area contributed by atoms with Crippen LogP contribution in [0.4, 0.5) is 5.82 Å². The Kier molecular flexibility index (Phi) is 5.00. The van der Waals surface area contributed by atoms with Crippen molar-refractivity contribution < 1.29 is 4.74 Å². The average molecular weight is 330 g/mol. The fourth-order valence-corrected chi connectivity index (χ4v) is 2.74. The van der Waals surface area contributed by atoms with Gasteiger partial charge >= 0.3 is 5.69 Å². The first-order valence-corrected chi connectivity index (χ1v) is 8.09. The minimum absolute atomic E-state index is 0.285. The number of para-hydroxylation sites is 1. The highest BCUT2D eigenvalue weighted by Gasteiger charge is 2.18. The monoisotopic (exact) mass is 330 g/mol. The molecule has 24 heavy (non-hydrogen) atoms. The molecule has 2 aromatic rings. The number of anilines is 1. The van der Waals surface area contributed by atoms with Crippen LogP contribution in [0.15, 0.2) is 46.0 Å². The van der Waals surface area contributed by atoms with E-state index in [1.807, 2.05) is 35.2 Å². The first-order chi connectivity index (χ1) is 11.6. The van der Waals surface area contributed by atoms with Gasteiger partial charge in [-0.1, -0.05) is 18.2 Å². The van der Waals surface area contributed by atoms with Gasteiger partial charge in [0.2, 0.25) is 0 Å². The third-order valence-corrected chi connectivity index (χ3v) is 4.26. The van der Waals surface area contributed by atoms with Crippen molar-refractivity contribution >= 4 is 5.82 Å². The maximum Gasteiger partial charge on any atom is 0.329 e. The van der Waals surface area contributed by atoms with Crippen molar-refractivity contribution in [3.05, 3.63) is 57.2 Å². The molecule has 1 fully saturated rings. The van der Waals surface area contributed by atoms with Gasteiger partial charge in [-0.25, -0.2) is 4.79 Å². The predicted octanol–water partition coefficient (Wildman–Crippen LogP) is 0.275. The molecule has 0 amide bonds. The van der Waals surface area contributed by atoms with E-state index in [2.05, 4.69) is 9.88 Å². The number of H-pyrrole nitrogens is 1. The van der Waals surface area contributed by atoms with Gasteiger partial charge in [0.1, 0.15) is 18.2 Å². The van der Waals surface area contributed by atoms with Crippen LogP contribution in [-0.2, 0) is 7.05 Å². The lowest BCUT2D eigenvalue weighted by molar-refractivity contribution is 0.200. The molecule has 1 N–H and O–H groups in total. The molecule has 1 aromatic carbocycles. The molecule has 1 aromatic heterocycles. The van der Waals surface area contributed by atoms with Crippen molar-refractivity contribution in [1.82, 2.24) is 14.5 Å². The third kappa shape index (κ3) is 3.86. The van der Waals surface area contributed by atoms with Gasteiger partial charge in [-0.15, -0.1) is 0 Å². The van der Waals surface area contributed by atoms with Gasteiger partial charge in [0, 0.05) is 45.8 Å². The Morgan fingerprint density at radius 2 is 1.79 bits per heavy atom. The van der Waals surface area contributed by atoms with Gasteiger partial charge in [0.25, 0.3) is 5.56 Å². The normalized spacial score (nSPS) is 15.5.